The number of fused-ring (bicyclic) bond motifs is 3. The third kappa shape index (κ3) is 6.45. The van der Waals surface area contributed by atoms with Crippen molar-refractivity contribution < 1.29 is 24.1 Å². The van der Waals surface area contributed by atoms with Crippen LogP contribution in [0.15, 0.2) is 170 Å². The summed E-state index contributed by atoms with van der Waals surface area (Å²) in [7, 11) is 0. The fraction of sp³-hybridized carbons (Fsp3) is 0.111. The molecule has 0 amide bonds. The van der Waals surface area contributed by atoms with E-state index in [2.05, 4.69) is 211 Å². The van der Waals surface area contributed by atoms with Crippen molar-refractivity contribution >= 4 is 27.3 Å². The summed E-state index contributed by atoms with van der Waals surface area (Å²) in [5, 5.41) is 2.32. The molecule has 0 spiro atoms. The van der Waals surface area contributed by atoms with Crippen molar-refractivity contribution in [1.82, 2.24) is 18.5 Å². The second kappa shape index (κ2) is 14.9. The molecule has 0 N–H and O–H groups in total. The van der Waals surface area contributed by atoms with E-state index >= 15 is 0 Å². The van der Waals surface area contributed by atoms with E-state index in [1.165, 1.54) is 61.1 Å². The zero-order chi connectivity index (χ0) is 40.3. The number of rotatable bonds is 6. The summed E-state index contributed by atoms with van der Waals surface area (Å²) >= 11 is 2.50. The van der Waals surface area contributed by atoms with E-state index in [1.54, 1.807) is 0 Å². The Balaban J connectivity index is 1.00. The molecule has 5 nitrogen and oxygen atoms in total. The molecule has 6 heteroatoms. The van der Waals surface area contributed by atoms with Crippen LogP contribution in [0.25, 0.3) is 61.1 Å². The van der Waals surface area contributed by atoms with Crippen LogP contribution in [0, 0.1) is 17.7 Å². The molecular formula is C54H42N4OPt. The van der Waals surface area contributed by atoms with Crippen molar-refractivity contribution in [3.63, 3.8) is 0 Å². The zero-order valence-electron chi connectivity index (χ0n) is 33.5. The second-order valence-corrected chi connectivity index (χ2v) is 17.0. The molecule has 60 heavy (non-hydrogen) atoms. The fourth-order valence-corrected chi connectivity index (χ4v) is 10.2. The molecule has 0 saturated carbocycles. The Bertz CT molecular complexity index is 3300. The summed E-state index contributed by atoms with van der Waals surface area (Å²) in [6.45, 7) is 4.31. The zero-order valence-corrected chi connectivity index (χ0v) is 35.8. The summed E-state index contributed by atoms with van der Waals surface area (Å²) in [6, 6.07) is 58.9. The molecule has 14 rings (SSSR count). The molecule has 4 aromatic heterocycles. The molecule has 6 aromatic carbocycles. The predicted molar refractivity (Wildman–Crippen MR) is 240 cm³/mol. The van der Waals surface area contributed by atoms with Crippen LogP contribution in [0.4, 0.5) is 0 Å². The molecular weight excluding hydrogens is 916 g/mol. The Labute approximate surface area is 360 Å². The average Bonchev–Trinajstić information content (AvgIpc) is 3.79. The number of hydrogen-bond acceptors (Lipinski definition) is 2. The number of hydrogen-bond donors (Lipinski definition) is 0. The molecule has 10 aromatic rings. The molecule has 2 aliphatic carbocycles. The van der Waals surface area contributed by atoms with Gasteiger partial charge in [-0.05, 0) is 36.1 Å². The minimum absolute atomic E-state index is 0.769. The number of ether oxygens (including phenoxy) is 1. The van der Waals surface area contributed by atoms with Crippen molar-refractivity contribution in [2.45, 2.75) is 39.5 Å². The number of aromatic nitrogens is 4. The molecule has 0 saturated heterocycles. The maximum atomic E-state index is 6.78. The normalized spacial score (nSPS) is 12.7. The summed E-state index contributed by atoms with van der Waals surface area (Å²) in [6.07, 6.45) is 6.31. The van der Waals surface area contributed by atoms with E-state index in [9.17, 15) is 0 Å². The van der Waals surface area contributed by atoms with Gasteiger partial charge in [-0.2, -0.15) is 0 Å². The van der Waals surface area contributed by atoms with Gasteiger partial charge in [0.25, 0.3) is 0 Å². The van der Waals surface area contributed by atoms with Crippen LogP contribution < -0.4 is 4.74 Å². The van der Waals surface area contributed by atoms with Gasteiger partial charge in [0.2, 0.25) is 0 Å². The number of nitrogens with zero attached hydrogens (tertiary/aromatic N) is 4. The van der Waals surface area contributed by atoms with Gasteiger partial charge in [-0.15, -0.1) is 0 Å². The van der Waals surface area contributed by atoms with Gasteiger partial charge in [0.15, 0.2) is 0 Å². The van der Waals surface area contributed by atoms with Crippen molar-refractivity contribution in [2.75, 3.05) is 0 Å². The Kier molecular flexibility index (Phi) is 9.08. The molecule has 0 atom stereocenters. The first-order chi connectivity index (χ1) is 29.4. The summed E-state index contributed by atoms with van der Waals surface area (Å²) < 4.78 is 15.0. The third-order valence-electron chi connectivity index (χ3n) is 12.2. The fourth-order valence-electron chi connectivity index (χ4n) is 9.20. The molecule has 0 fully saturated rings. The van der Waals surface area contributed by atoms with Gasteiger partial charge in [-0.1, -0.05) is 66.7 Å². The minimum Gasteiger partial charge on any atom is -0.0622 e. The van der Waals surface area contributed by atoms with E-state index in [-0.39, 0.29) is 0 Å². The van der Waals surface area contributed by atoms with E-state index in [0.717, 1.165) is 74.6 Å². The van der Waals surface area contributed by atoms with E-state index in [0.29, 0.717) is 0 Å². The number of aryl methyl sites for hydroxylation is 6. The summed E-state index contributed by atoms with van der Waals surface area (Å²) in [5.41, 5.74) is 16.8. The summed E-state index contributed by atoms with van der Waals surface area (Å²) in [5.74, 6) is 2.44. The van der Waals surface area contributed by atoms with Crippen LogP contribution in [0.1, 0.15) is 33.6 Å². The van der Waals surface area contributed by atoms with Crippen LogP contribution >= 0.6 is 0 Å². The third-order valence-corrected chi connectivity index (χ3v) is 13.2. The van der Waals surface area contributed by atoms with Crippen LogP contribution in [-0.4, -0.2) is 18.5 Å². The first-order valence-electron chi connectivity index (χ1n) is 20.7. The van der Waals surface area contributed by atoms with Crippen LogP contribution in [-0.2, 0) is 45.0 Å². The topological polar surface area (TPSA) is 36.4 Å². The SMILES string of the molecule is Cc1cc(-n2c3ccc(-c4ccccc4)cc3c3ccc(Oc4cccc(-n5cc6c7ccc(n6[c]5=[Pt])CCc5ccc(cc5)CC7)c4)cc32)nc(C)c1-c1ccccc1. The van der Waals surface area contributed by atoms with E-state index in [4.69, 9.17) is 9.72 Å². The monoisotopic (exact) mass is 957 g/mol. The maximum absolute atomic E-state index is 6.78. The predicted octanol–water partition coefficient (Wildman–Crippen LogP) is 12.9. The number of imidazole rings is 1. The molecule has 2 aliphatic heterocycles. The van der Waals surface area contributed by atoms with Crippen LogP contribution in [0.3, 0.4) is 0 Å². The van der Waals surface area contributed by atoms with Gasteiger partial charge >= 0.3 is 248 Å². The van der Waals surface area contributed by atoms with E-state index in [1.807, 2.05) is 6.07 Å². The van der Waals surface area contributed by atoms with Gasteiger partial charge < -0.3 is 0 Å². The van der Waals surface area contributed by atoms with Crippen LogP contribution in [0.5, 0.6) is 11.5 Å². The van der Waals surface area contributed by atoms with Crippen molar-refractivity contribution in [3.8, 4) is 45.3 Å². The van der Waals surface area contributed by atoms with Gasteiger partial charge in [-0.25, -0.2) is 0 Å². The van der Waals surface area contributed by atoms with Crippen molar-refractivity contribution in [2.24, 2.45) is 0 Å². The molecule has 4 aliphatic rings. The first kappa shape index (κ1) is 36.5. The van der Waals surface area contributed by atoms with Gasteiger partial charge in [0, 0.05) is 11.3 Å². The van der Waals surface area contributed by atoms with Gasteiger partial charge in [-0.3, -0.25) is 0 Å². The molecule has 0 radical (unpaired) electrons. The van der Waals surface area contributed by atoms with E-state index < -0.39 is 0 Å². The standard InChI is InChI=1S/C54H42N4O.Pt/c1-36-30-53(55-37(2)54(36)42-12-7-4-8-13-42)58-50-29-24-43(40-10-5-3-6-11-40)31-49(50)48-28-27-47(33-51(48)58)59-46-15-9-14-45(32-46)56-34-52-41-22-20-38-16-18-39(19-17-38)21-25-44(26-23-41)57(52)35-56;/h3-19,23-24,26-34H,20-22,25H2,1-2H3;. The Morgan fingerprint density at radius 1 is 0.550 bits per heavy atom. The Morgan fingerprint density at radius 3 is 2.05 bits per heavy atom. The van der Waals surface area contributed by atoms with Crippen LogP contribution in [0.2, 0.25) is 0 Å². The molecule has 6 heterocycles. The number of benzene rings is 6. The molecule has 294 valence electrons. The first-order valence-corrected chi connectivity index (χ1v) is 21.8. The summed E-state index contributed by atoms with van der Waals surface area (Å²) in [4.78, 5) is 5.29. The Hall–Kier alpha value is -6.55. The Morgan fingerprint density at radius 2 is 1.28 bits per heavy atom. The minimum atomic E-state index is 0.769. The van der Waals surface area contributed by atoms with Gasteiger partial charge in [0.1, 0.15) is 0 Å². The molecule has 4 bridgehead atoms. The van der Waals surface area contributed by atoms with Crippen molar-refractivity contribution in [1.29, 1.82) is 0 Å². The smallest absolute Gasteiger partial charge is 0.0622 e. The average molecular weight is 958 g/mol. The second-order valence-electron chi connectivity index (χ2n) is 16.0. The van der Waals surface area contributed by atoms with Gasteiger partial charge in [0.05, 0.1) is 0 Å². The number of pyridine rings is 2. The molecule has 0 unspecified atom stereocenters. The van der Waals surface area contributed by atoms with Crippen molar-refractivity contribution in [3.05, 3.63) is 207 Å². The quantitative estimate of drug-likeness (QED) is 0.166.